The van der Waals surface area contributed by atoms with Crippen molar-refractivity contribution in [3.63, 3.8) is 0 Å². The van der Waals surface area contributed by atoms with Crippen molar-refractivity contribution < 1.29 is 9.53 Å². The topological polar surface area (TPSA) is 64.3 Å². The van der Waals surface area contributed by atoms with Gasteiger partial charge in [0.25, 0.3) is 0 Å². The monoisotopic (exact) mass is 186 g/mol. The number of nitrogens with two attached hydrogens (primary N) is 1. The number of nitrogens with one attached hydrogen (secondary N) is 1. The summed E-state index contributed by atoms with van der Waals surface area (Å²) in [6.45, 7) is 3.21. The Morgan fingerprint density at radius 1 is 1.69 bits per heavy atom. The van der Waals surface area contributed by atoms with Crippen molar-refractivity contribution in [1.82, 2.24) is 5.32 Å². The van der Waals surface area contributed by atoms with E-state index < -0.39 is 6.09 Å². The van der Waals surface area contributed by atoms with E-state index in [1.807, 2.05) is 0 Å². The fourth-order valence-electron chi connectivity index (χ4n) is 1.39. The first kappa shape index (κ1) is 10.3. The van der Waals surface area contributed by atoms with Crippen molar-refractivity contribution in [1.29, 1.82) is 0 Å². The Morgan fingerprint density at radius 3 is 2.92 bits per heavy atom. The van der Waals surface area contributed by atoms with E-state index in [2.05, 4.69) is 17.0 Å². The lowest BCUT2D eigenvalue weighted by Gasteiger charge is -2.12. The van der Waals surface area contributed by atoms with Crippen LogP contribution < -0.4 is 11.1 Å². The van der Waals surface area contributed by atoms with Crippen LogP contribution in [-0.4, -0.2) is 25.3 Å². The maximum Gasteiger partial charge on any atom is 0.404 e. The molecule has 1 saturated carbocycles. The molecule has 0 radical (unpaired) electrons. The molecule has 0 spiro atoms. The molecule has 1 atom stereocenters. The van der Waals surface area contributed by atoms with Gasteiger partial charge >= 0.3 is 6.09 Å². The van der Waals surface area contributed by atoms with Gasteiger partial charge in [-0.05, 0) is 19.3 Å². The zero-order chi connectivity index (χ0) is 9.68. The number of carbonyl (C=O) groups is 1. The van der Waals surface area contributed by atoms with Crippen LogP contribution in [-0.2, 0) is 4.74 Å². The molecule has 0 aromatic rings. The molecule has 1 rings (SSSR count). The maximum atomic E-state index is 10.2. The van der Waals surface area contributed by atoms with Gasteiger partial charge in [0.05, 0.1) is 0 Å². The van der Waals surface area contributed by atoms with E-state index in [1.165, 1.54) is 19.3 Å². The standard InChI is InChI=1S/C9H18N2O2/c1-7(6-8-2-3-8)11-4-5-13-9(10)12/h7-8,11H,2-6H2,1H3,(H2,10,12). The van der Waals surface area contributed by atoms with E-state index in [0.29, 0.717) is 19.2 Å². The molecule has 0 aliphatic heterocycles. The molecule has 1 amide bonds. The van der Waals surface area contributed by atoms with Crippen molar-refractivity contribution in [3.8, 4) is 0 Å². The highest BCUT2D eigenvalue weighted by Crippen LogP contribution is 2.33. The minimum absolute atomic E-state index is 0.365. The van der Waals surface area contributed by atoms with Crippen LogP contribution in [0.25, 0.3) is 0 Å². The summed E-state index contributed by atoms with van der Waals surface area (Å²) < 4.78 is 4.59. The van der Waals surface area contributed by atoms with E-state index in [4.69, 9.17) is 5.73 Å². The van der Waals surface area contributed by atoms with Gasteiger partial charge in [0.15, 0.2) is 0 Å². The Morgan fingerprint density at radius 2 is 2.38 bits per heavy atom. The molecule has 0 aromatic heterocycles. The smallest absolute Gasteiger partial charge is 0.404 e. The molecule has 1 unspecified atom stereocenters. The number of rotatable bonds is 6. The second kappa shape index (κ2) is 5.07. The summed E-state index contributed by atoms with van der Waals surface area (Å²) in [6, 6.07) is 0.518. The largest absolute Gasteiger partial charge is 0.448 e. The van der Waals surface area contributed by atoms with Gasteiger partial charge in [0, 0.05) is 12.6 Å². The van der Waals surface area contributed by atoms with Crippen LogP contribution in [0, 0.1) is 5.92 Å². The number of ether oxygens (including phenoxy) is 1. The van der Waals surface area contributed by atoms with Gasteiger partial charge in [-0.25, -0.2) is 4.79 Å². The van der Waals surface area contributed by atoms with Gasteiger partial charge < -0.3 is 15.8 Å². The number of amides is 1. The maximum absolute atomic E-state index is 10.2. The Kier molecular flexibility index (Phi) is 4.02. The Balaban J connectivity index is 1.88. The third kappa shape index (κ3) is 5.47. The highest BCUT2D eigenvalue weighted by atomic mass is 16.5. The van der Waals surface area contributed by atoms with Crippen molar-refractivity contribution >= 4 is 6.09 Å². The number of carbonyl (C=O) groups excluding carboxylic acids is 1. The van der Waals surface area contributed by atoms with Gasteiger partial charge in [-0.15, -0.1) is 0 Å². The molecule has 1 aliphatic carbocycles. The lowest BCUT2D eigenvalue weighted by molar-refractivity contribution is 0.156. The van der Waals surface area contributed by atoms with E-state index in [9.17, 15) is 4.79 Å². The summed E-state index contributed by atoms with van der Waals surface area (Å²) in [6.07, 6.45) is 3.29. The summed E-state index contributed by atoms with van der Waals surface area (Å²) in [5.74, 6) is 0.930. The number of hydrogen-bond donors (Lipinski definition) is 2. The predicted octanol–water partition coefficient (Wildman–Crippen LogP) is 0.860. The third-order valence-electron chi connectivity index (χ3n) is 2.22. The lowest BCUT2D eigenvalue weighted by Crippen LogP contribution is -2.31. The molecular formula is C9H18N2O2. The molecule has 1 aliphatic rings. The van der Waals surface area contributed by atoms with Crippen LogP contribution in [0.15, 0.2) is 0 Å². The minimum Gasteiger partial charge on any atom is -0.448 e. The molecule has 0 heterocycles. The van der Waals surface area contributed by atoms with E-state index in [-0.39, 0.29) is 0 Å². The molecule has 3 N–H and O–H groups in total. The molecule has 0 saturated heterocycles. The van der Waals surface area contributed by atoms with Crippen molar-refractivity contribution in [2.75, 3.05) is 13.2 Å². The zero-order valence-corrected chi connectivity index (χ0v) is 8.08. The van der Waals surface area contributed by atoms with Crippen LogP contribution in [0.5, 0.6) is 0 Å². The van der Waals surface area contributed by atoms with E-state index in [1.54, 1.807) is 0 Å². The van der Waals surface area contributed by atoms with Crippen LogP contribution >= 0.6 is 0 Å². The van der Waals surface area contributed by atoms with E-state index >= 15 is 0 Å². The van der Waals surface area contributed by atoms with Gasteiger partial charge in [0.1, 0.15) is 6.61 Å². The summed E-state index contributed by atoms with van der Waals surface area (Å²) in [4.78, 5) is 10.2. The fourth-order valence-corrected chi connectivity index (χ4v) is 1.39. The molecule has 0 aromatic carbocycles. The van der Waals surface area contributed by atoms with Crippen LogP contribution in [0.1, 0.15) is 26.2 Å². The van der Waals surface area contributed by atoms with Crippen molar-refractivity contribution in [2.24, 2.45) is 11.7 Å². The first-order valence-electron chi connectivity index (χ1n) is 4.84. The van der Waals surface area contributed by atoms with Gasteiger partial charge in [-0.3, -0.25) is 0 Å². The van der Waals surface area contributed by atoms with E-state index in [0.717, 1.165) is 5.92 Å². The fraction of sp³-hybridized carbons (Fsp3) is 0.889. The average molecular weight is 186 g/mol. The Hall–Kier alpha value is -0.770. The quantitative estimate of drug-likeness (QED) is 0.605. The summed E-state index contributed by atoms with van der Waals surface area (Å²) in [7, 11) is 0. The second-order valence-corrected chi connectivity index (χ2v) is 3.70. The lowest BCUT2D eigenvalue weighted by atomic mass is 10.2. The second-order valence-electron chi connectivity index (χ2n) is 3.70. The van der Waals surface area contributed by atoms with Crippen LogP contribution in [0.3, 0.4) is 0 Å². The van der Waals surface area contributed by atoms with Crippen molar-refractivity contribution in [2.45, 2.75) is 32.2 Å². The Bertz CT molecular complexity index is 169. The minimum atomic E-state index is -0.698. The van der Waals surface area contributed by atoms with Gasteiger partial charge in [-0.1, -0.05) is 12.8 Å². The SMILES string of the molecule is CC(CC1CC1)NCCOC(N)=O. The van der Waals surface area contributed by atoms with Crippen molar-refractivity contribution in [3.05, 3.63) is 0 Å². The average Bonchev–Trinajstić information content (AvgIpc) is 2.81. The van der Waals surface area contributed by atoms with Crippen LogP contribution in [0.2, 0.25) is 0 Å². The highest BCUT2D eigenvalue weighted by Gasteiger charge is 2.23. The first-order chi connectivity index (χ1) is 6.18. The molecule has 13 heavy (non-hydrogen) atoms. The molecule has 4 heteroatoms. The highest BCUT2D eigenvalue weighted by molar-refractivity contribution is 5.64. The summed E-state index contributed by atoms with van der Waals surface area (Å²) in [5.41, 5.74) is 4.81. The zero-order valence-electron chi connectivity index (χ0n) is 8.08. The number of primary amides is 1. The first-order valence-corrected chi connectivity index (χ1v) is 4.84. The predicted molar refractivity (Wildman–Crippen MR) is 50.3 cm³/mol. The summed E-state index contributed by atoms with van der Waals surface area (Å²) >= 11 is 0. The molecule has 1 fully saturated rings. The molecule has 4 nitrogen and oxygen atoms in total. The normalized spacial score (nSPS) is 18.2. The van der Waals surface area contributed by atoms with Gasteiger partial charge in [-0.2, -0.15) is 0 Å². The number of hydrogen-bond acceptors (Lipinski definition) is 3. The molecular weight excluding hydrogens is 168 g/mol. The van der Waals surface area contributed by atoms with Crippen LogP contribution in [0.4, 0.5) is 4.79 Å². The Labute approximate surface area is 78.8 Å². The molecule has 76 valence electrons. The molecule has 0 bridgehead atoms. The van der Waals surface area contributed by atoms with Gasteiger partial charge in [0.2, 0.25) is 0 Å². The summed E-state index contributed by atoms with van der Waals surface area (Å²) in [5, 5.41) is 3.28. The third-order valence-corrected chi connectivity index (χ3v) is 2.22.